The first-order chi connectivity index (χ1) is 8.87. The Morgan fingerprint density at radius 2 is 2.21 bits per heavy atom. The van der Waals surface area contributed by atoms with Gasteiger partial charge in [-0.15, -0.1) is 0 Å². The molecule has 0 saturated carbocycles. The van der Waals surface area contributed by atoms with E-state index in [-0.39, 0.29) is 0 Å². The number of β-amino-alcohol motifs (C(OH)–C–C–N with tert-alkyl or cyclic N) is 1. The molecule has 1 unspecified atom stereocenters. The minimum atomic E-state index is -0.592. The van der Waals surface area contributed by atoms with Crippen LogP contribution in [0.5, 0.6) is 0 Å². The minimum absolute atomic E-state index is 0.449. The molecule has 1 heterocycles. The lowest BCUT2D eigenvalue weighted by atomic mass is 10.1. The summed E-state index contributed by atoms with van der Waals surface area (Å²) < 4.78 is 0. The van der Waals surface area contributed by atoms with Gasteiger partial charge in [0.1, 0.15) is 0 Å². The summed E-state index contributed by atoms with van der Waals surface area (Å²) in [7, 11) is 0. The van der Waals surface area contributed by atoms with Gasteiger partial charge in [0.15, 0.2) is 0 Å². The van der Waals surface area contributed by atoms with E-state index in [1.807, 2.05) is 19.1 Å². The normalized spacial score (nSPS) is 23.4. The number of aliphatic hydroxyl groups is 1. The third kappa shape index (κ3) is 3.85. The molecule has 1 saturated heterocycles. The first-order valence-electron chi connectivity index (χ1n) is 6.86. The van der Waals surface area contributed by atoms with Gasteiger partial charge in [0.25, 0.3) is 0 Å². The Bertz CT molecular complexity index is 446. The molecule has 0 radical (unpaired) electrons. The van der Waals surface area contributed by atoms with Gasteiger partial charge in [0, 0.05) is 36.4 Å². The first kappa shape index (κ1) is 14.6. The molecule has 1 aliphatic heterocycles. The summed E-state index contributed by atoms with van der Waals surface area (Å²) in [6.45, 7) is 8.53. The van der Waals surface area contributed by atoms with Gasteiger partial charge in [-0.05, 0) is 31.0 Å². The van der Waals surface area contributed by atoms with Crippen molar-refractivity contribution in [2.45, 2.75) is 45.4 Å². The van der Waals surface area contributed by atoms with Crippen LogP contribution < -0.4 is 10.2 Å². The van der Waals surface area contributed by atoms with Gasteiger partial charge < -0.3 is 15.3 Å². The lowest BCUT2D eigenvalue weighted by Crippen LogP contribution is -2.30. The Morgan fingerprint density at radius 3 is 2.79 bits per heavy atom. The second-order valence-corrected chi connectivity index (χ2v) is 6.41. The van der Waals surface area contributed by atoms with Crippen LogP contribution in [0.2, 0.25) is 5.02 Å². The van der Waals surface area contributed by atoms with E-state index in [1.165, 1.54) is 5.56 Å². The van der Waals surface area contributed by atoms with Gasteiger partial charge >= 0.3 is 0 Å². The van der Waals surface area contributed by atoms with Gasteiger partial charge in [0.05, 0.1) is 5.60 Å². The van der Waals surface area contributed by atoms with Crippen molar-refractivity contribution in [1.82, 2.24) is 5.32 Å². The molecule has 0 spiro atoms. The SMILES string of the molecule is CC(C)NCc1ccc(Cl)cc1N1CCC(C)(O)C1. The number of benzene rings is 1. The van der Waals surface area contributed by atoms with E-state index in [1.54, 1.807) is 0 Å². The van der Waals surface area contributed by atoms with Gasteiger partial charge in [-0.25, -0.2) is 0 Å². The molecule has 0 aromatic heterocycles. The number of nitrogens with one attached hydrogen (secondary N) is 1. The molecule has 1 aromatic carbocycles. The molecule has 1 atom stereocenters. The summed E-state index contributed by atoms with van der Waals surface area (Å²) in [5, 5.41) is 14.3. The summed E-state index contributed by atoms with van der Waals surface area (Å²) >= 11 is 6.12. The first-order valence-corrected chi connectivity index (χ1v) is 7.24. The fourth-order valence-electron chi connectivity index (χ4n) is 2.45. The van der Waals surface area contributed by atoms with E-state index in [2.05, 4.69) is 30.1 Å². The predicted molar refractivity (Wildman–Crippen MR) is 80.9 cm³/mol. The highest BCUT2D eigenvalue weighted by Crippen LogP contribution is 2.31. The zero-order valence-electron chi connectivity index (χ0n) is 11.9. The molecular weight excluding hydrogens is 260 g/mol. The van der Waals surface area contributed by atoms with Crippen LogP contribution in [0.15, 0.2) is 18.2 Å². The molecule has 0 bridgehead atoms. The largest absolute Gasteiger partial charge is 0.388 e. The summed E-state index contributed by atoms with van der Waals surface area (Å²) in [5.74, 6) is 0. The van der Waals surface area contributed by atoms with Crippen LogP contribution in [0.25, 0.3) is 0 Å². The molecule has 4 heteroatoms. The fraction of sp³-hybridized carbons (Fsp3) is 0.600. The van der Waals surface area contributed by atoms with Crippen LogP contribution in [0.4, 0.5) is 5.69 Å². The summed E-state index contributed by atoms with van der Waals surface area (Å²) in [6.07, 6.45) is 0.802. The van der Waals surface area contributed by atoms with E-state index in [4.69, 9.17) is 11.6 Å². The molecule has 0 aliphatic carbocycles. The summed E-state index contributed by atoms with van der Waals surface area (Å²) in [6, 6.07) is 6.45. The maximum absolute atomic E-state index is 10.1. The third-order valence-electron chi connectivity index (χ3n) is 3.54. The van der Waals surface area contributed by atoms with Crippen molar-refractivity contribution < 1.29 is 5.11 Å². The molecule has 106 valence electrons. The lowest BCUT2D eigenvalue weighted by molar-refractivity contribution is 0.0839. The van der Waals surface area contributed by atoms with Crippen molar-refractivity contribution >= 4 is 17.3 Å². The summed E-state index contributed by atoms with van der Waals surface area (Å²) in [5.41, 5.74) is 1.78. The van der Waals surface area contributed by atoms with E-state index < -0.39 is 5.60 Å². The monoisotopic (exact) mass is 282 g/mol. The van der Waals surface area contributed by atoms with Crippen LogP contribution >= 0.6 is 11.6 Å². The Kier molecular flexibility index (Phi) is 4.39. The molecule has 2 rings (SSSR count). The van der Waals surface area contributed by atoms with Crippen molar-refractivity contribution in [3.8, 4) is 0 Å². The van der Waals surface area contributed by atoms with Crippen LogP contribution in [0.3, 0.4) is 0 Å². The van der Waals surface area contributed by atoms with Gasteiger partial charge in [-0.2, -0.15) is 0 Å². The number of halogens is 1. The smallest absolute Gasteiger partial charge is 0.0810 e. The third-order valence-corrected chi connectivity index (χ3v) is 3.78. The number of nitrogens with zero attached hydrogens (tertiary/aromatic N) is 1. The quantitative estimate of drug-likeness (QED) is 0.891. The highest BCUT2D eigenvalue weighted by atomic mass is 35.5. The molecule has 0 amide bonds. The molecule has 2 N–H and O–H groups in total. The maximum Gasteiger partial charge on any atom is 0.0810 e. The molecule has 1 aliphatic rings. The topological polar surface area (TPSA) is 35.5 Å². The Hall–Kier alpha value is -0.770. The molecule has 1 aromatic rings. The zero-order chi connectivity index (χ0) is 14.0. The van der Waals surface area contributed by atoms with E-state index in [0.29, 0.717) is 12.6 Å². The molecule has 19 heavy (non-hydrogen) atoms. The highest BCUT2D eigenvalue weighted by Gasteiger charge is 2.32. The van der Waals surface area contributed by atoms with Crippen LogP contribution in [0, 0.1) is 0 Å². The van der Waals surface area contributed by atoms with E-state index in [0.717, 1.165) is 30.2 Å². The van der Waals surface area contributed by atoms with E-state index >= 15 is 0 Å². The second kappa shape index (κ2) is 5.70. The number of anilines is 1. The summed E-state index contributed by atoms with van der Waals surface area (Å²) in [4.78, 5) is 2.23. The standard InChI is InChI=1S/C15H23ClN2O/c1-11(2)17-9-12-4-5-13(16)8-14(12)18-7-6-15(3,19)10-18/h4-5,8,11,17,19H,6-7,9-10H2,1-3H3. The van der Waals surface area contributed by atoms with Gasteiger partial charge in [-0.3, -0.25) is 0 Å². The Labute approximate surface area is 120 Å². The molecular formula is C15H23ClN2O. The van der Waals surface area contributed by atoms with Crippen molar-refractivity contribution in [2.75, 3.05) is 18.0 Å². The lowest BCUT2D eigenvalue weighted by Gasteiger charge is -2.24. The van der Waals surface area contributed by atoms with Gasteiger partial charge in [-0.1, -0.05) is 31.5 Å². The number of hydrogen-bond donors (Lipinski definition) is 2. The average molecular weight is 283 g/mol. The fourth-order valence-corrected chi connectivity index (χ4v) is 2.61. The van der Waals surface area contributed by atoms with Crippen LogP contribution in [-0.4, -0.2) is 29.8 Å². The van der Waals surface area contributed by atoms with Crippen molar-refractivity contribution in [1.29, 1.82) is 0 Å². The van der Waals surface area contributed by atoms with Crippen LogP contribution in [-0.2, 0) is 6.54 Å². The Balaban J connectivity index is 2.20. The van der Waals surface area contributed by atoms with Gasteiger partial charge in [0.2, 0.25) is 0 Å². The Morgan fingerprint density at radius 1 is 1.47 bits per heavy atom. The zero-order valence-corrected chi connectivity index (χ0v) is 12.7. The maximum atomic E-state index is 10.1. The van der Waals surface area contributed by atoms with Crippen molar-refractivity contribution in [3.63, 3.8) is 0 Å². The van der Waals surface area contributed by atoms with Crippen LogP contribution in [0.1, 0.15) is 32.8 Å². The van der Waals surface area contributed by atoms with Crippen molar-refractivity contribution in [3.05, 3.63) is 28.8 Å². The molecule has 3 nitrogen and oxygen atoms in total. The highest BCUT2D eigenvalue weighted by molar-refractivity contribution is 6.30. The second-order valence-electron chi connectivity index (χ2n) is 5.98. The average Bonchev–Trinajstić information content (AvgIpc) is 2.68. The van der Waals surface area contributed by atoms with Crippen molar-refractivity contribution in [2.24, 2.45) is 0 Å². The number of hydrogen-bond acceptors (Lipinski definition) is 3. The minimum Gasteiger partial charge on any atom is -0.388 e. The predicted octanol–water partition coefficient (Wildman–Crippen LogP) is 2.80. The molecule has 1 fully saturated rings. The van der Waals surface area contributed by atoms with E-state index in [9.17, 15) is 5.11 Å². The number of rotatable bonds is 4.